The second-order valence-corrected chi connectivity index (χ2v) is 22.4. The van der Waals surface area contributed by atoms with Crippen LogP contribution in [0.1, 0.15) is 33.4 Å². The van der Waals surface area contributed by atoms with E-state index in [1.54, 1.807) is 0 Å². The molecule has 0 radical (unpaired) electrons. The first-order valence-electron chi connectivity index (χ1n) is 28.3. The molecule has 0 unspecified atom stereocenters. The Kier molecular flexibility index (Phi) is 24.7. The lowest BCUT2D eigenvalue weighted by atomic mass is 9.90. The summed E-state index contributed by atoms with van der Waals surface area (Å²) in [6.07, 6.45) is 26.0. The fraction of sp³-hybridized carbons (Fsp3) is 0.230. The van der Waals surface area contributed by atoms with Crippen molar-refractivity contribution in [1.29, 1.82) is 0 Å². The highest BCUT2D eigenvalue weighted by Gasteiger charge is 2.17. The van der Waals surface area contributed by atoms with E-state index in [0.29, 0.717) is 0 Å². The number of nitrogens with zero attached hydrogens (tertiary/aromatic N) is 9. The largest absolute Gasteiger partial charge is 1.00 e. The first-order valence-corrected chi connectivity index (χ1v) is 28.3. The van der Waals surface area contributed by atoms with Crippen molar-refractivity contribution in [2.45, 2.75) is 0 Å². The van der Waals surface area contributed by atoms with Crippen LogP contribution in [-0.2, 0) is 0 Å². The molecule has 85 heavy (non-hydrogen) atoms. The number of hydrogen-bond donors (Lipinski definition) is 0. The van der Waals surface area contributed by atoms with Crippen LogP contribution in [0, 0.1) is 0 Å². The van der Waals surface area contributed by atoms with E-state index in [1.165, 1.54) is 112 Å². The monoisotopic (exact) mass is 1170 g/mol. The van der Waals surface area contributed by atoms with Crippen molar-refractivity contribution in [3.05, 3.63) is 269 Å². The molecular formula is C74H87Cl2N9. The molecule has 3 aliphatic rings. The molecule has 0 saturated heterocycles. The Bertz CT molecular complexity index is 3210. The van der Waals surface area contributed by atoms with Gasteiger partial charge in [-0.1, -0.05) is 84.9 Å². The van der Waals surface area contributed by atoms with Gasteiger partial charge in [0.1, 0.15) is 28.2 Å². The second kappa shape index (κ2) is 31.3. The number of allylic oxidation sites excluding steroid dienone is 15. The summed E-state index contributed by atoms with van der Waals surface area (Å²) in [7, 11) is 34.9. The zero-order valence-corrected chi connectivity index (χ0v) is 54.6. The topological polar surface area (TPSA) is 37.8 Å². The number of benzene rings is 6. The molecule has 0 N–H and O–H groups in total. The van der Waals surface area contributed by atoms with Gasteiger partial charge in [-0.25, -0.2) is 9.15 Å². The quantitative estimate of drug-likeness (QED) is 0.117. The van der Waals surface area contributed by atoms with Crippen molar-refractivity contribution in [1.82, 2.24) is 0 Å². The summed E-state index contributed by atoms with van der Waals surface area (Å²) < 4.78 is 4.25. The lowest BCUT2D eigenvalue weighted by Gasteiger charge is -2.18. The van der Waals surface area contributed by atoms with E-state index in [1.807, 2.05) is 7.05 Å². The van der Waals surface area contributed by atoms with Crippen molar-refractivity contribution < 1.29 is 34.0 Å². The Balaban J connectivity index is 0.000000230. The molecule has 0 heterocycles. The number of aliphatic imine (C=N–C) groups is 1. The van der Waals surface area contributed by atoms with Crippen LogP contribution in [-0.4, -0.2) is 146 Å². The molecule has 0 amide bonds. The molecule has 0 bridgehead atoms. The zero-order chi connectivity index (χ0) is 59.9. The fourth-order valence-electron chi connectivity index (χ4n) is 9.69. The zero-order valence-electron chi connectivity index (χ0n) is 53.1. The maximum absolute atomic E-state index is 4.26. The Morgan fingerprint density at radius 3 is 0.565 bits per heavy atom. The fourth-order valence-corrected chi connectivity index (χ4v) is 9.69. The molecular weight excluding hydrogens is 1090 g/mol. The van der Waals surface area contributed by atoms with Gasteiger partial charge in [-0.15, -0.1) is 0 Å². The van der Waals surface area contributed by atoms with Gasteiger partial charge in [-0.05, 0) is 176 Å². The third-order valence-corrected chi connectivity index (χ3v) is 14.8. The normalized spacial score (nSPS) is 12.6. The van der Waals surface area contributed by atoms with E-state index >= 15 is 0 Å². The number of anilines is 6. The second-order valence-electron chi connectivity index (χ2n) is 22.4. The Hall–Kier alpha value is -8.63. The molecule has 11 heteroatoms. The smallest absolute Gasteiger partial charge is 0.199 e. The van der Waals surface area contributed by atoms with Gasteiger partial charge in [-0.3, -0.25) is 4.99 Å². The van der Waals surface area contributed by atoms with Gasteiger partial charge in [-0.2, -0.15) is 0 Å². The highest BCUT2D eigenvalue weighted by atomic mass is 35.5. The number of rotatable bonds is 12. The van der Waals surface area contributed by atoms with Crippen LogP contribution in [0.15, 0.2) is 240 Å². The lowest BCUT2D eigenvalue weighted by Crippen LogP contribution is -3.00. The molecule has 0 saturated carbocycles. The summed E-state index contributed by atoms with van der Waals surface area (Å²) in [6.45, 7) is 0. The van der Waals surface area contributed by atoms with Gasteiger partial charge in [0.05, 0.1) is 5.71 Å². The molecule has 0 aromatic heterocycles. The van der Waals surface area contributed by atoms with E-state index in [9.17, 15) is 0 Å². The maximum atomic E-state index is 4.26. The van der Waals surface area contributed by atoms with E-state index in [0.717, 1.165) is 5.71 Å². The summed E-state index contributed by atoms with van der Waals surface area (Å²) >= 11 is 0. The van der Waals surface area contributed by atoms with Gasteiger partial charge in [0.15, 0.2) is 11.4 Å². The van der Waals surface area contributed by atoms with Crippen LogP contribution in [0.3, 0.4) is 0 Å². The molecule has 9 rings (SSSR count). The van der Waals surface area contributed by atoms with Crippen LogP contribution in [0.2, 0.25) is 0 Å². The minimum Gasteiger partial charge on any atom is -1.00 e. The van der Waals surface area contributed by atoms with E-state index < -0.39 is 0 Å². The molecule has 0 fully saturated rings. The van der Waals surface area contributed by atoms with E-state index in [4.69, 9.17) is 0 Å². The van der Waals surface area contributed by atoms with Gasteiger partial charge in [0.25, 0.3) is 0 Å². The minimum absolute atomic E-state index is 0. The lowest BCUT2D eigenvalue weighted by molar-refractivity contribution is -0.462. The molecule has 9 nitrogen and oxygen atoms in total. The van der Waals surface area contributed by atoms with Crippen LogP contribution in [0.25, 0.3) is 16.7 Å². The summed E-state index contributed by atoms with van der Waals surface area (Å²) in [5.41, 5.74) is 25.3. The molecule has 442 valence electrons. The molecule has 0 spiro atoms. The SMILES string of the molecule is CN(C)c1ccc(C(=C2C=CC(=[N+](C)C)C=C2)c2ccc(N(C)C)cc2)cc1.CN(C)c1ccc(C(=C2C=CC(=[N+](C)C)C=C2)c2ccc(N(C)C)cc2)cc1.CN=C1C=CC(=C(c2ccc(N(C)C)cc2)c2ccc(N(C)C)cc2)C=C1.[Cl-].[Cl-]. The minimum atomic E-state index is 0. The highest BCUT2D eigenvalue weighted by molar-refractivity contribution is 6.07. The Morgan fingerprint density at radius 1 is 0.259 bits per heavy atom. The predicted molar refractivity (Wildman–Crippen MR) is 365 cm³/mol. The third-order valence-electron chi connectivity index (χ3n) is 14.8. The molecule has 3 aliphatic carbocycles. The average Bonchev–Trinajstić information content (AvgIpc) is 3.57. The van der Waals surface area contributed by atoms with Gasteiger partial charge in [0.2, 0.25) is 0 Å². The molecule has 0 atom stereocenters. The van der Waals surface area contributed by atoms with Crippen molar-refractivity contribution in [3.63, 3.8) is 0 Å². The van der Waals surface area contributed by atoms with Crippen LogP contribution >= 0.6 is 0 Å². The van der Waals surface area contributed by atoms with Crippen molar-refractivity contribution in [3.8, 4) is 0 Å². The van der Waals surface area contributed by atoms with Gasteiger partial charge in [0, 0.05) is 150 Å². The molecule has 6 aromatic rings. The van der Waals surface area contributed by atoms with Gasteiger partial charge >= 0.3 is 0 Å². The van der Waals surface area contributed by atoms with Gasteiger partial charge < -0.3 is 54.2 Å². The third kappa shape index (κ3) is 17.7. The first-order chi connectivity index (χ1) is 39.7. The van der Waals surface area contributed by atoms with E-state index in [2.05, 4.69) is 375 Å². The molecule has 0 aliphatic heterocycles. The average molecular weight is 1170 g/mol. The number of hydrogen-bond acceptors (Lipinski definition) is 7. The van der Waals surface area contributed by atoms with Crippen molar-refractivity contribution in [2.75, 3.05) is 149 Å². The summed E-state index contributed by atoms with van der Waals surface area (Å²) in [5, 5.41) is 0. The van der Waals surface area contributed by atoms with Crippen LogP contribution in [0.4, 0.5) is 34.1 Å². The Labute approximate surface area is 521 Å². The first kappa shape index (κ1) is 67.2. The number of halogens is 2. The van der Waals surface area contributed by atoms with E-state index in [-0.39, 0.29) is 24.8 Å². The summed E-state index contributed by atoms with van der Waals surface area (Å²) in [4.78, 5) is 17.0. The summed E-state index contributed by atoms with van der Waals surface area (Å²) in [5.74, 6) is 0. The standard InChI is InChI=1S/2C25H30N3.C24H27N3.2ClH/c2*1-26(2)22-13-7-19(8-14-22)25(20-9-15-23(16-10-20)27(3)4)21-11-17-24(18-12-21)28(5)6;1-25-21-12-6-18(7-13-21)24(19-8-14-22(15-9-19)26(2)3)20-10-16-23(17-11-20)27(4)5;;/h2*7-18H,1-6H3;6-17H,1-5H3;2*1H/q2*+1;;;/p-2. The predicted octanol–water partition coefficient (Wildman–Crippen LogP) is 7.74. The van der Waals surface area contributed by atoms with Crippen molar-refractivity contribution >= 4 is 68.0 Å². The maximum Gasteiger partial charge on any atom is 0.199 e. The van der Waals surface area contributed by atoms with Crippen LogP contribution < -0.4 is 54.2 Å². The van der Waals surface area contributed by atoms with Crippen LogP contribution in [0.5, 0.6) is 0 Å². The summed E-state index contributed by atoms with van der Waals surface area (Å²) in [6, 6.07) is 52.6. The van der Waals surface area contributed by atoms with Crippen molar-refractivity contribution in [2.24, 2.45) is 4.99 Å². The highest BCUT2D eigenvalue weighted by Crippen LogP contribution is 2.35. The molecule has 6 aromatic carbocycles. The Morgan fingerprint density at radius 2 is 0.424 bits per heavy atom.